The molecule has 9 heteroatoms. The lowest BCUT2D eigenvalue weighted by atomic mass is 9.85. The van der Waals surface area contributed by atoms with E-state index in [1.807, 2.05) is 0 Å². The summed E-state index contributed by atoms with van der Waals surface area (Å²) in [5, 5.41) is 4.93. The van der Waals surface area contributed by atoms with E-state index < -0.39 is 17.6 Å². The maximum atomic E-state index is 12.9. The number of carbonyl (C=O) groups is 2. The number of benzene rings is 1. The highest BCUT2D eigenvalue weighted by Gasteiger charge is 2.32. The van der Waals surface area contributed by atoms with E-state index in [9.17, 15) is 22.8 Å². The minimum atomic E-state index is -4.54. The molecule has 0 radical (unpaired) electrons. The van der Waals surface area contributed by atoms with Crippen LogP contribution in [0.2, 0.25) is 0 Å². The van der Waals surface area contributed by atoms with Gasteiger partial charge < -0.3 is 16.4 Å². The Morgan fingerprint density at radius 3 is 2.40 bits per heavy atom. The number of hydrogen-bond donors (Lipinski definition) is 3. The van der Waals surface area contributed by atoms with Crippen molar-refractivity contribution in [3.8, 4) is 0 Å². The van der Waals surface area contributed by atoms with Crippen molar-refractivity contribution in [3.05, 3.63) is 23.8 Å². The lowest BCUT2D eigenvalue weighted by Gasteiger charge is -2.26. The van der Waals surface area contributed by atoms with Crippen molar-refractivity contribution in [2.24, 2.45) is 11.7 Å². The van der Waals surface area contributed by atoms with Crippen LogP contribution in [-0.4, -0.2) is 17.9 Å². The zero-order valence-electron chi connectivity index (χ0n) is 13.7. The minimum Gasteiger partial charge on any atom is -0.328 e. The zero-order chi connectivity index (χ0) is 17.9. The number of nitrogens with one attached hydrogen (secondary N) is 2. The number of halogens is 4. The maximum absolute atomic E-state index is 12.9. The standard InChI is InChI=1S/C16H20F3N3O2.ClH/c1-9(23)21-13-6-5-11(16(17,18)19)8-14(13)22-15(24)10-3-2-4-12(20)7-10;/h5-6,8,10,12H,2-4,7,20H2,1H3,(H,21,23)(H,22,24);1H. The Hall–Kier alpha value is -1.80. The van der Waals surface area contributed by atoms with Gasteiger partial charge in [-0.2, -0.15) is 13.2 Å². The molecule has 2 rings (SSSR count). The van der Waals surface area contributed by atoms with Crippen molar-refractivity contribution in [2.75, 3.05) is 10.6 Å². The van der Waals surface area contributed by atoms with Gasteiger partial charge in [-0.1, -0.05) is 6.42 Å². The molecule has 0 bridgehead atoms. The summed E-state index contributed by atoms with van der Waals surface area (Å²) in [6, 6.07) is 2.74. The van der Waals surface area contributed by atoms with E-state index in [4.69, 9.17) is 5.73 Å². The second kappa shape index (κ2) is 8.53. The Balaban J connectivity index is 0.00000312. The van der Waals surface area contributed by atoms with E-state index in [1.165, 1.54) is 6.92 Å². The van der Waals surface area contributed by atoms with Crippen LogP contribution < -0.4 is 16.4 Å². The van der Waals surface area contributed by atoms with Gasteiger partial charge in [-0.15, -0.1) is 12.4 Å². The molecule has 140 valence electrons. The molecule has 4 N–H and O–H groups in total. The number of hydrogen-bond acceptors (Lipinski definition) is 3. The average Bonchev–Trinajstić information content (AvgIpc) is 2.47. The van der Waals surface area contributed by atoms with Crippen molar-refractivity contribution in [1.29, 1.82) is 0 Å². The van der Waals surface area contributed by atoms with Crippen LogP contribution >= 0.6 is 12.4 Å². The molecule has 2 unspecified atom stereocenters. The molecule has 0 aromatic heterocycles. The predicted octanol–water partition coefficient (Wildman–Crippen LogP) is 3.54. The number of carbonyl (C=O) groups excluding carboxylic acids is 2. The van der Waals surface area contributed by atoms with Gasteiger partial charge in [-0.05, 0) is 37.5 Å². The molecule has 1 aliphatic rings. The Bertz CT molecular complexity index is 638. The monoisotopic (exact) mass is 379 g/mol. The molecule has 0 heterocycles. The van der Waals surface area contributed by atoms with Crippen molar-refractivity contribution in [3.63, 3.8) is 0 Å². The van der Waals surface area contributed by atoms with Gasteiger partial charge in [0.25, 0.3) is 0 Å². The molecule has 0 aliphatic heterocycles. The summed E-state index contributed by atoms with van der Waals surface area (Å²) in [5.41, 5.74) is 5.01. The molecule has 0 saturated heterocycles. The van der Waals surface area contributed by atoms with Gasteiger partial charge in [0.15, 0.2) is 0 Å². The van der Waals surface area contributed by atoms with E-state index >= 15 is 0 Å². The smallest absolute Gasteiger partial charge is 0.328 e. The minimum absolute atomic E-state index is 0. The summed E-state index contributed by atoms with van der Waals surface area (Å²) in [6.07, 6.45) is -1.75. The van der Waals surface area contributed by atoms with Crippen LogP contribution in [0.25, 0.3) is 0 Å². The third-order valence-electron chi connectivity index (χ3n) is 4.00. The molecule has 25 heavy (non-hydrogen) atoms. The SMILES string of the molecule is CC(=O)Nc1ccc(C(F)(F)F)cc1NC(=O)C1CCCC(N)C1.Cl. The number of alkyl halides is 3. The van der Waals surface area contributed by atoms with E-state index in [2.05, 4.69) is 10.6 Å². The van der Waals surface area contributed by atoms with Crippen LogP contribution in [0.4, 0.5) is 24.5 Å². The fraction of sp³-hybridized carbons (Fsp3) is 0.500. The van der Waals surface area contributed by atoms with Gasteiger partial charge in [0, 0.05) is 18.9 Å². The molecular formula is C16H21ClF3N3O2. The Morgan fingerprint density at radius 2 is 1.84 bits per heavy atom. The van der Waals surface area contributed by atoms with Gasteiger partial charge in [0.1, 0.15) is 0 Å². The molecule has 1 aromatic rings. The van der Waals surface area contributed by atoms with Crippen LogP contribution in [0.1, 0.15) is 38.2 Å². The molecule has 1 aromatic carbocycles. The summed E-state index contributed by atoms with van der Waals surface area (Å²) in [6.45, 7) is 1.24. The first-order valence-corrected chi connectivity index (χ1v) is 7.72. The lowest BCUT2D eigenvalue weighted by molar-refractivity contribution is -0.137. The van der Waals surface area contributed by atoms with Crippen molar-refractivity contribution < 1.29 is 22.8 Å². The first kappa shape index (κ1) is 21.2. The van der Waals surface area contributed by atoms with E-state index in [0.29, 0.717) is 12.8 Å². The molecule has 2 amide bonds. The largest absolute Gasteiger partial charge is 0.416 e. The van der Waals surface area contributed by atoms with Crippen LogP contribution in [-0.2, 0) is 15.8 Å². The van der Waals surface area contributed by atoms with Crippen molar-refractivity contribution in [1.82, 2.24) is 0 Å². The molecule has 0 spiro atoms. The highest BCUT2D eigenvalue weighted by atomic mass is 35.5. The van der Waals surface area contributed by atoms with Gasteiger partial charge in [-0.3, -0.25) is 9.59 Å². The number of amides is 2. The molecule has 1 fully saturated rings. The average molecular weight is 380 g/mol. The van der Waals surface area contributed by atoms with E-state index in [0.717, 1.165) is 31.0 Å². The fourth-order valence-corrected chi connectivity index (χ4v) is 2.82. The summed E-state index contributed by atoms with van der Waals surface area (Å²) in [7, 11) is 0. The summed E-state index contributed by atoms with van der Waals surface area (Å²) >= 11 is 0. The van der Waals surface area contributed by atoms with Crippen LogP contribution in [0.5, 0.6) is 0 Å². The Labute approximate surface area is 149 Å². The van der Waals surface area contributed by atoms with Crippen LogP contribution in [0.3, 0.4) is 0 Å². The quantitative estimate of drug-likeness (QED) is 0.751. The molecule has 1 aliphatic carbocycles. The topological polar surface area (TPSA) is 84.2 Å². The molecule has 5 nitrogen and oxygen atoms in total. The molecule has 1 saturated carbocycles. The first-order valence-electron chi connectivity index (χ1n) is 7.72. The Morgan fingerprint density at radius 1 is 1.16 bits per heavy atom. The zero-order valence-corrected chi connectivity index (χ0v) is 14.5. The highest BCUT2D eigenvalue weighted by molar-refractivity contribution is 5.99. The molecular weight excluding hydrogens is 359 g/mol. The highest BCUT2D eigenvalue weighted by Crippen LogP contribution is 2.34. The number of nitrogens with two attached hydrogens (primary N) is 1. The van der Waals surface area contributed by atoms with E-state index in [1.54, 1.807) is 0 Å². The van der Waals surface area contributed by atoms with Gasteiger partial charge in [0.05, 0.1) is 16.9 Å². The van der Waals surface area contributed by atoms with E-state index in [-0.39, 0.29) is 41.6 Å². The van der Waals surface area contributed by atoms with Gasteiger partial charge in [-0.25, -0.2) is 0 Å². The molecule has 2 atom stereocenters. The third-order valence-corrected chi connectivity index (χ3v) is 4.00. The summed E-state index contributed by atoms with van der Waals surface area (Å²) < 4.78 is 38.7. The van der Waals surface area contributed by atoms with Gasteiger partial charge >= 0.3 is 6.18 Å². The van der Waals surface area contributed by atoms with Crippen molar-refractivity contribution >= 4 is 35.6 Å². The third kappa shape index (κ3) is 5.89. The number of rotatable bonds is 3. The van der Waals surface area contributed by atoms with Crippen molar-refractivity contribution in [2.45, 2.75) is 44.8 Å². The summed E-state index contributed by atoms with van der Waals surface area (Å²) in [4.78, 5) is 23.6. The maximum Gasteiger partial charge on any atom is 0.416 e. The predicted molar refractivity (Wildman–Crippen MR) is 91.6 cm³/mol. The Kier molecular flexibility index (Phi) is 7.25. The second-order valence-corrected chi connectivity index (χ2v) is 6.05. The normalized spacial score (nSPS) is 20.4. The lowest BCUT2D eigenvalue weighted by Crippen LogP contribution is -2.34. The first-order chi connectivity index (χ1) is 11.2. The summed E-state index contributed by atoms with van der Waals surface area (Å²) in [5.74, 6) is -1.16. The second-order valence-electron chi connectivity index (χ2n) is 6.05. The van der Waals surface area contributed by atoms with Crippen LogP contribution in [0.15, 0.2) is 18.2 Å². The van der Waals surface area contributed by atoms with Gasteiger partial charge in [0.2, 0.25) is 11.8 Å². The number of anilines is 2. The fourth-order valence-electron chi connectivity index (χ4n) is 2.82. The van der Waals surface area contributed by atoms with Crippen LogP contribution in [0, 0.1) is 5.92 Å².